The molecule has 0 aliphatic carbocycles. The van der Waals surface area contributed by atoms with Crippen LogP contribution in [0.1, 0.15) is 30.3 Å². The number of halogens is 2. The number of H-pyrrole nitrogens is 1. The van der Waals surface area contributed by atoms with Crippen molar-refractivity contribution in [1.82, 2.24) is 39.7 Å². The highest BCUT2D eigenvalue weighted by Gasteiger charge is 2.29. The van der Waals surface area contributed by atoms with Crippen LogP contribution in [0.4, 0.5) is 14.6 Å². The van der Waals surface area contributed by atoms with E-state index in [-0.39, 0.29) is 37.4 Å². The van der Waals surface area contributed by atoms with Crippen molar-refractivity contribution >= 4 is 44.9 Å². The molecule has 266 valence electrons. The molecule has 52 heavy (non-hydrogen) atoms. The Morgan fingerprint density at radius 1 is 0.942 bits per heavy atom. The summed E-state index contributed by atoms with van der Waals surface area (Å²) < 4.78 is 37.5. The van der Waals surface area contributed by atoms with Gasteiger partial charge < -0.3 is 24.4 Å². The third kappa shape index (κ3) is 6.20. The van der Waals surface area contributed by atoms with Gasteiger partial charge in [0.25, 0.3) is 5.91 Å². The zero-order valence-corrected chi connectivity index (χ0v) is 28.4. The molecular formula is C38H37F2N9O3. The summed E-state index contributed by atoms with van der Waals surface area (Å²) >= 11 is 0. The van der Waals surface area contributed by atoms with E-state index in [1.807, 2.05) is 41.3 Å². The number of pyridine rings is 2. The molecule has 0 unspecified atom stereocenters. The number of amides is 2. The van der Waals surface area contributed by atoms with E-state index in [0.717, 1.165) is 28.1 Å². The quantitative estimate of drug-likeness (QED) is 0.218. The Morgan fingerprint density at radius 2 is 1.81 bits per heavy atom. The number of carbonyl (C=O) groups is 2. The van der Waals surface area contributed by atoms with Crippen molar-refractivity contribution in [1.29, 1.82) is 0 Å². The summed E-state index contributed by atoms with van der Waals surface area (Å²) in [5.41, 5.74) is 3.19. The normalized spacial score (nSPS) is 15.0. The molecule has 8 rings (SSSR count). The maximum Gasteiger partial charge on any atom is 0.270 e. The molecule has 12 nitrogen and oxygen atoms in total. The zero-order valence-electron chi connectivity index (χ0n) is 28.4. The first-order valence-corrected chi connectivity index (χ1v) is 17.1. The van der Waals surface area contributed by atoms with Crippen LogP contribution in [0, 0.1) is 11.6 Å². The molecule has 6 heterocycles. The molecule has 1 fully saturated rings. The minimum Gasteiger partial charge on any atom is -0.493 e. The number of rotatable bonds is 8. The molecule has 0 bridgehead atoms. The summed E-state index contributed by atoms with van der Waals surface area (Å²) in [7, 11) is 1.46. The third-order valence-electron chi connectivity index (χ3n) is 9.82. The average molecular weight is 706 g/mol. The molecule has 2 aromatic carbocycles. The van der Waals surface area contributed by atoms with Gasteiger partial charge >= 0.3 is 0 Å². The average Bonchev–Trinajstić information content (AvgIpc) is 3.88. The third-order valence-corrected chi connectivity index (χ3v) is 9.82. The Labute approximate surface area is 298 Å². The van der Waals surface area contributed by atoms with Crippen molar-refractivity contribution in [2.75, 3.05) is 51.3 Å². The van der Waals surface area contributed by atoms with Gasteiger partial charge in [-0.15, -0.1) is 5.10 Å². The smallest absolute Gasteiger partial charge is 0.270 e. The standard InChI is InChI=1S/C38H35F2N9O3.H2/c1-52-33-18-26(39)22-42-37(33)46-14-16-47(17-15-46)38(51)32-20-31-30(28-6-2-4-24-21-41-9-7-27(24)28)19-29(35(40)36(31)44-32)25-5-3-11-48(23-25)34(50)8-12-49-13-10-43-45-49;/h2,4-7,9-10,13,18-22,44H,3,8,11-12,14-17,23H2,1H3;1H. The lowest BCUT2D eigenvalue weighted by atomic mass is 9.91. The number of hydrogen-bond acceptors (Lipinski definition) is 8. The van der Waals surface area contributed by atoms with Crippen LogP contribution in [0.15, 0.2) is 79.5 Å². The van der Waals surface area contributed by atoms with E-state index in [1.54, 1.807) is 45.3 Å². The van der Waals surface area contributed by atoms with E-state index < -0.39 is 11.6 Å². The van der Waals surface area contributed by atoms with E-state index in [2.05, 4.69) is 25.3 Å². The number of fused-ring (bicyclic) bond motifs is 2. The van der Waals surface area contributed by atoms with Crippen molar-refractivity contribution in [2.45, 2.75) is 19.4 Å². The first kappa shape index (κ1) is 33.0. The van der Waals surface area contributed by atoms with E-state index in [1.165, 1.54) is 13.2 Å². The number of nitrogens with one attached hydrogen (secondary N) is 1. The highest BCUT2D eigenvalue weighted by molar-refractivity contribution is 6.09. The highest BCUT2D eigenvalue weighted by atomic mass is 19.1. The topological polar surface area (TPSA) is 125 Å². The largest absolute Gasteiger partial charge is 0.493 e. The summed E-state index contributed by atoms with van der Waals surface area (Å²) in [5.74, 6) is -0.449. The van der Waals surface area contributed by atoms with Crippen molar-refractivity contribution < 1.29 is 24.5 Å². The van der Waals surface area contributed by atoms with Gasteiger partial charge in [-0.2, -0.15) is 0 Å². The number of piperazine rings is 1. The molecule has 2 amide bonds. The summed E-state index contributed by atoms with van der Waals surface area (Å²) in [6.07, 6.45) is 10.8. The molecule has 2 aliphatic heterocycles. The predicted octanol–water partition coefficient (Wildman–Crippen LogP) is 5.57. The minimum atomic E-state index is -0.492. The molecule has 1 saturated heterocycles. The van der Waals surface area contributed by atoms with Crippen LogP contribution in [0.2, 0.25) is 0 Å². The monoisotopic (exact) mass is 705 g/mol. The first-order valence-electron chi connectivity index (χ1n) is 17.1. The van der Waals surface area contributed by atoms with Crippen molar-refractivity contribution in [3.63, 3.8) is 0 Å². The number of aryl methyl sites for hydroxylation is 1. The van der Waals surface area contributed by atoms with Crippen molar-refractivity contribution in [3.05, 3.63) is 102 Å². The van der Waals surface area contributed by atoms with E-state index in [0.29, 0.717) is 73.8 Å². The Kier molecular flexibility index (Phi) is 8.79. The van der Waals surface area contributed by atoms with Gasteiger partial charge in [0.2, 0.25) is 5.91 Å². The van der Waals surface area contributed by atoms with Crippen LogP contribution in [0.25, 0.3) is 38.4 Å². The van der Waals surface area contributed by atoms with Gasteiger partial charge in [0.05, 0.1) is 31.6 Å². The minimum absolute atomic E-state index is 0. The molecule has 0 radical (unpaired) electrons. The van der Waals surface area contributed by atoms with Crippen molar-refractivity contribution in [3.8, 4) is 16.9 Å². The van der Waals surface area contributed by atoms with Crippen LogP contribution in [0.5, 0.6) is 5.75 Å². The van der Waals surface area contributed by atoms with Crippen LogP contribution >= 0.6 is 0 Å². The van der Waals surface area contributed by atoms with Gasteiger partial charge in [-0.1, -0.05) is 29.5 Å². The Balaban J connectivity index is 0.00000435. The Bertz CT molecular complexity index is 2330. The summed E-state index contributed by atoms with van der Waals surface area (Å²) in [6, 6.07) is 12.7. The SMILES string of the molecule is COc1cc(F)cnc1N1CCN(C(=O)c2cc3c(-c4cccc5cnccc45)cc(C4=CCCN(C(=O)CCn5ccnn5)C4)c(F)c3[nH]2)CC1.[HH]. The molecular weight excluding hydrogens is 668 g/mol. The first-order chi connectivity index (χ1) is 25.4. The summed E-state index contributed by atoms with van der Waals surface area (Å²) in [4.78, 5) is 44.3. The van der Waals surface area contributed by atoms with E-state index in [4.69, 9.17) is 4.74 Å². The maximum absolute atomic E-state index is 16.8. The van der Waals surface area contributed by atoms with Crippen LogP contribution in [-0.2, 0) is 11.3 Å². The molecule has 1 N–H and O–H groups in total. The highest BCUT2D eigenvalue weighted by Crippen LogP contribution is 2.39. The van der Waals surface area contributed by atoms with Crippen LogP contribution in [-0.4, -0.2) is 97.9 Å². The van der Waals surface area contributed by atoms with Gasteiger partial charge in [0.1, 0.15) is 11.5 Å². The second kappa shape index (κ2) is 13.9. The fourth-order valence-electron chi connectivity index (χ4n) is 7.15. The summed E-state index contributed by atoms with van der Waals surface area (Å²) in [6.45, 7) is 2.85. The molecule has 2 aliphatic rings. The lowest BCUT2D eigenvalue weighted by molar-refractivity contribution is -0.131. The number of aromatic nitrogens is 6. The zero-order chi connectivity index (χ0) is 35.8. The predicted molar refractivity (Wildman–Crippen MR) is 194 cm³/mol. The fraction of sp³-hybridized carbons (Fsp3) is 0.263. The number of carbonyl (C=O) groups excluding carboxylic acids is 2. The fourth-order valence-corrected chi connectivity index (χ4v) is 7.15. The number of aromatic amines is 1. The van der Waals surface area contributed by atoms with E-state index >= 15 is 4.39 Å². The number of nitrogens with zero attached hydrogens (tertiary/aromatic N) is 8. The van der Waals surface area contributed by atoms with Gasteiger partial charge in [0, 0.05) is 88.1 Å². The molecule has 0 atom stereocenters. The molecule has 14 heteroatoms. The molecule has 4 aromatic heterocycles. The molecule has 6 aromatic rings. The number of anilines is 1. The Morgan fingerprint density at radius 3 is 2.62 bits per heavy atom. The van der Waals surface area contributed by atoms with E-state index in [9.17, 15) is 14.0 Å². The maximum atomic E-state index is 16.8. The second-order valence-corrected chi connectivity index (χ2v) is 12.9. The van der Waals surface area contributed by atoms with Crippen molar-refractivity contribution in [2.24, 2.45) is 0 Å². The summed E-state index contributed by atoms with van der Waals surface area (Å²) in [5, 5.41) is 10.2. The van der Waals surface area contributed by atoms with Gasteiger partial charge in [-0.3, -0.25) is 19.3 Å². The van der Waals surface area contributed by atoms with Crippen LogP contribution < -0.4 is 9.64 Å². The van der Waals surface area contributed by atoms with Gasteiger partial charge in [-0.25, -0.2) is 13.8 Å². The lowest BCUT2D eigenvalue weighted by Gasteiger charge is -2.35. The van der Waals surface area contributed by atoms with Crippen LogP contribution in [0.3, 0.4) is 0 Å². The Hall–Kier alpha value is -6.18. The number of hydrogen-bond donors (Lipinski definition) is 1. The van der Waals surface area contributed by atoms with Gasteiger partial charge in [-0.05, 0) is 46.7 Å². The number of benzene rings is 2. The number of methoxy groups -OCH3 is 1. The lowest BCUT2D eigenvalue weighted by Crippen LogP contribution is -2.49. The molecule has 0 spiro atoms. The molecule has 0 saturated carbocycles. The van der Waals surface area contributed by atoms with Gasteiger partial charge in [0.15, 0.2) is 17.4 Å². The number of ether oxygens (including phenoxy) is 1. The second-order valence-electron chi connectivity index (χ2n) is 12.9.